The number of hydrogen-bond acceptors (Lipinski definition) is 6. The van der Waals surface area contributed by atoms with Gasteiger partial charge in [0.1, 0.15) is 17.2 Å². The third-order valence-electron chi connectivity index (χ3n) is 2.35. The highest BCUT2D eigenvalue weighted by Gasteiger charge is 2.14. The Morgan fingerprint density at radius 1 is 1.53 bits per heavy atom. The van der Waals surface area contributed by atoms with Crippen molar-refractivity contribution < 1.29 is 0 Å². The number of aromatic amines is 1. The number of aromatic nitrogens is 5. The minimum absolute atomic E-state index is 0.205. The van der Waals surface area contributed by atoms with E-state index in [1.165, 1.54) is 18.1 Å². The van der Waals surface area contributed by atoms with E-state index in [9.17, 15) is 4.79 Å². The Morgan fingerprint density at radius 3 is 3.00 bits per heavy atom. The molecule has 2 aromatic rings. The lowest BCUT2D eigenvalue weighted by atomic mass is 10.5. The monoisotopic (exact) mass is 344 g/mol. The summed E-state index contributed by atoms with van der Waals surface area (Å²) in [7, 11) is 1.78. The largest absolute Gasteiger partial charge is 0.372 e. The molecule has 2 rings (SSSR count). The van der Waals surface area contributed by atoms with Gasteiger partial charge in [0.05, 0.1) is 4.47 Å². The molecule has 0 fully saturated rings. The highest BCUT2D eigenvalue weighted by atomic mass is 79.9. The SMILES string of the molecule is CCCn1c(Sc2ncnc(NC)c2Br)n[nH]c1=O. The van der Waals surface area contributed by atoms with E-state index in [-0.39, 0.29) is 5.69 Å². The minimum Gasteiger partial charge on any atom is -0.372 e. The van der Waals surface area contributed by atoms with Crippen molar-refractivity contribution in [1.29, 1.82) is 0 Å². The topological polar surface area (TPSA) is 88.5 Å². The van der Waals surface area contributed by atoms with Crippen molar-refractivity contribution in [3.05, 3.63) is 21.3 Å². The number of nitrogens with zero attached hydrogens (tertiary/aromatic N) is 4. The van der Waals surface area contributed by atoms with Crippen LogP contribution in [0.15, 0.2) is 25.8 Å². The van der Waals surface area contributed by atoms with Gasteiger partial charge in [0.15, 0.2) is 5.16 Å². The van der Waals surface area contributed by atoms with Gasteiger partial charge in [-0.2, -0.15) is 0 Å². The number of halogens is 1. The molecule has 2 N–H and O–H groups in total. The van der Waals surface area contributed by atoms with Crippen LogP contribution in [-0.2, 0) is 6.54 Å². The molecule has 2 heterocycles. The Balaban J connectivity index is 2.34. The van der Waals surface area contributed by atoms with Gasteiger partial charge in [-0.3, -0.25) is 4.57 Å². The zero-order valence-electron chi connectivity index (χ0n) is 10.5. The van der Waals surface area contributed by atoms with Gasteiger partial charge in [0.25, 0.3) is 0 Å². The van der Waals surface area contributed by atoms with Gasteiger partial charge >= 0.3 is 5.69 Å². The first-order valence-corrected chi connectivity index (χ1v) is 7.29. The highest BCUT2D eigenvalue weighted by Crippen LogP contribution is 2.33. The lowest BCUT2D eigenvalue weighted by Gasteiger charge is -2.07. The summed E-state index contributed by atoms with van der Waals surface area (Å²) < 4.78 is 2.35. The summed E-state index contributed by atoms with van der Waals surface area (Å²) in [6.07, 6.45) is 2.33. The Labute approximate surface area is 122 Å². The molecule has 0 amide bonds. The molecule has 2 aromatic heterocycles. The fourth-order valence-corrected chi connectivity index (χ4v) is 2.97. The Morgan fingerprint density at radius 2 is 2.32 bits per heavy atom. The molecular formula is C10H13BrN6OS. The van der Waals surface area contributed by atoms with Crippen LogP contribution in [0.25, 0.3) is 0 Å². The zero-order chi connectivity index (χ0) is 13.8. The first-order valence-electron chi connectivity index (χ1n) is 5.68. The summed E-state index contributed by atoms with van der Waals surface area (Å²) in [5, 5.41) is 10.7. The number of H-pyrrole nitrogens is 1. The molecule has 9 heteroatoms. The highest BCUT2D eigenvalue weighted by molar-refractivity contribution is 9.10. The molecule has 0 aliphatic rings. The van der Waals surface area contributed by atoms with Crippen molar-refractivity contribution >= 4 is 33.5 Å². The molecule has 7 nitrogen and oxygen atoms in total. The maximum Gasteiger partial charge on any atom is 0.343 e. The van der Waals surface area contributed by atoms with Crippen LogP contribution in [0, 0.1) is 0 Å². The first kappa shape index (κ1) is 14.1. The van der Waals surface area contributed by atoms with Gasteiger partial charge in [-0.15, -0.1) is 5.10 Å². The van der Waals surface area contributed by atoms with Crippen LogP contribution < -0.4 is 11.0 Å². The molecule has 0 saturated heterocycles. The smallest absolute Gasteiger partial charge is 0.343 e. The van der Waals surface area contributed by atoms with Crippen molar-refractivity contribution in [3.63, 3.8) is 0 Å². The normalized spacial score (nSPS) is 10.7. The lowest BCUT2D eigenvalue weighted by molar-refractivity contribution is 0.603. The molecule has 0 spiro atoms. The van der Waals surface area contributed by atoms with Crippen molar-refractivity contribution in [2.75, 3.05) is 12.4 Å². The molecular weight excluding hydrogens is 332 g/mol. The Hall–Kier alpha value is -1.35. The van der Waals surface area contributed by atoms with Crippen LogP contribution in [0.5, 0.6) is 0 Å². The summed E-state index contributed by atoms with van der Waals surface area (Å²) >= 11 is 4.75. The second-order valence-corrected chi connectivity index (χ2v) is 5.41. The van der Waals surface area contributed by atoms with E-state index in [0.717, 1.165) is 10.9 Å². The van der Waals surface area contributed by atoms with Gasteiger partial charge in [-0.25, -0.2) is 19.9 Å². The van der Waals surface area contributed by atoms with Crippen molar-refractivity contribution in [3.8, 4) is 0 Å². The average Bonchev–Trinajstić information content (AvgIpc) is 2.74. The molecule has 102 valence electrons. The van der Waals surface area contributed by atoms with Gasteiger partial charge in [-0.1, -0.05) is 6.92 Å². The quantitative estimate of drug-likeness (QED) is 0.803. The second-order valence-electron chi connectivity index (χ2n) is 3.66. The average molecular weight is 345 g/mol. The molecule has 0 bridgehead atoms. The fraction of sp³-hybridized carbons (Fsp3) is 0.400. The predicted molar refractivity (Wildman–Crippen MR) is 76.5 cm³/mol. The third-order valence-corrected chi connectivity index (χ3v) is 4.36. The van der Waals surface area contributed by atoms with E-state index in [0.29, 0.717) is 22.5 Å². The zero-order valence-corrected chi connectivity index (χ0v) is 12.9. The standard InChI is InChI=1S/C10H13BrN6OS/c1-3-4-17-9(18)15-16-10(17)19-8-6(11)7(12-2)13-5-14-8/h5H,3-4H2,1-2H3,(H,15,18)(H,12,13,14). The van der Waals surface area contributed by atoms with Gasteiger partial charge in [0, 0.05) is 13.6 Å². The predicted octanol–water partition coefficient (Wildman–Crippen LogP) is 1.73. The molecule has 0 radical (unpaired) electrons. The van der Waals surface area contributed by atoms with Crippen LogP contribution in [-0.4, -0.2) is 31.8 Å². The number of hydrogen-bond donors (Lipinski definition) is 2. The van der Waals surface area contributed by atoms with Crippen LogP contribution in [0.3, 0.4) is 0 Å². The van der Waals surface area contributed by atoms with E-state index in [2.05, 4.69) is 41.4 Å². The van der Waals surface area contributed by atoms with Crippen LogP contribution in [0.1, 0.15) is 13.3 Å². The van der Waals surface area contributed by atoms with Crippen LogP contribution >= 0.6 is 27.7 Å². The van der Waals surface area contributed by atoms with Gasteiger partial charge in [-0.05, 0) is 34.1 Å². The maximum atomic E-state index is 11.6. The molecule has 0 aliphatic carbocycles. The van der Waals surface area contributed by atoms with E-state index in [4.69, 9.17) is 0 Å². The van der Waals surface area contributed by atoms with Crippen molar-refractivity contribution in [2.24, 2.45) is 0 Å². The van der Waals surface area contributed by atoms with Crippen LogP contribution in [0.4, 0.5) is 5.82 Å². The fourth-order valence-electron chi connectivity index (χ4n) is 1.49. The number of anilines is 1. The summed E-state index contributed by atoms with van der Waals surface area (Å²) in [5.41, 5.74) is -0.205. The van der Waals surface area contributed by atoms with E-state index in [1.54, 1.807) is 11.6 Å². The first-order chi connectivity index (χ1) is 9.17. The molecule has 0 atom stereocenters. The summed E-state index contributed by atoms with van der Waals surface area (Å²) in [4.78, 5) is 19.9. The van der Waals surface area contributed by atoms with E-state index >= 15 is 0 Å². The Bertz CT molecular complexity index is 625. The Kier molecular flexibility index (Phi) is 4.59. The van der Waals surface area contributed by atoms with Crippen LogP contribution in [0.2, 0.25) is 0 Å². The third kappa shape index (κ3) is 2.98. The van der Waals surface area contributed by atoms with Gasteiger partial charge in [0.2, 0.25) is 0 Å². The van der Waals surface area contributed by atoms with Gasteiger partial charge < -0.3 is 5.32 Å². The van der Waals surface area contributed by atoms with Crippen molar-refractivity contribution in [2.45, 2.75) is 30.1 Å². The second kappa shape index (κ2) is 6.20. The summed E-state index contributed by atoms with van der Waals surface area (Å²) in [5.74, 6) is 0.692. The number of nitrogens with one attached hydrogen (secondary N) is 2. The minimum atomic E-state index is -0.205. The molecule has 19 heavy (non-hydrogen) atoms. The van der Waals surface area contributed by atoms with E-state index in [1.807, 2.05) is 6.92 Å². The lowest BCUT2D eigenvalue weighted by Crippen LogP contribution is -2.17. The molecule has 0 unspecified atom stereocenters. The van der Waals surface area contributed by atoms with Crippen molar-refractivity contribution in [1.82, 2.24) is 24.7 Å². The summed E-state index contributed by atoms with van der Waals surface area (Å²) in [6.45, 7) is 2.63. The molecule has 0 aliphatic heterocycles. The summed E-state index contributed by atoms with van der Waals surface area (Å²) in [6, 6.07) is 0. The molecule has 0 saturated carbocycles. The molecule has 0 aromatic carbocycles. The maximum absolute atomic E-state index is 11.6. The van der Waals surface area contributed by atoms with E-state index < -0.39 is 0 Å². The number of rotatable bonds is 5.